The molecule has 7 nitrogen and oxygen atoms in total. The molecule has 0 saturated heterocycles. The van der Waals surface area contributed by atoms with E-state index in [1.807, 2.05) is 6.92 Å². The standard InChI is InChI=1S/C20H24FN3O4S/c1-4-15-10-16(20(27)28-5-2)19(29-15)23-18(26)12-24(3)11-17(25)22-14-8-6-7-13(21)9-14/h6-10H,4-5,11-12H2,1-3H3,(H,22,25)(H,23,26)/p+1. The highest BCUT2D eigenvalue weighted by Gasteiger charge is 2.21. The number of amides is 2. The van der Waals surface area contributed by atoms with Gasteiger partial charge in [0.15, 0.2) is 13.1 Å². The highest BCUT2D eigenvalue weighted by molar-refractivity contribution is 7.16. The number of ether oxygens (including phenoxy) is 1. The minimum Gasteiger partial charge on any atom is -0.462 e. The van der Waals surface area contributed by atoms with Crippen LogP contribution in [0.3, 0.4) is 0 Å². The molecule has 1 aromatic heterocycles. The Kier molecular flexibility index (Phi) is 8.29. The number of quaternary nitrogens is 1. The number of nitrogens with one attached hydrogen (secondary N) is 3. The van der Waals surface area contributed by atoms with Crippen molar-refractivity contribution in [2.45, 2.75) is 20.3 Å². The molecule has 0 bridgehead atoms. The molecule has 156 valence electrons. The molecule has 0 fully saturated rings. The predicted octanol–water partition coefficient (Wildman–Crippen LogP) is 1.72. The number of hydrogen-bond acceptors (Lipinski definition) is 5. The summed E-state index contributed by atoms with van der Waals surface area (Å²) < 4.78 is 18.2. The Bertz CT molecular complexity index is 884. The first-order valence-corrected chi connectivity index (χ1v) is 10.1. The Morgan fingerprint density at radius 3 is 2.41 bits per heavy atom. The van der Waals surface area contributed by atoms with Gasteiger partial charge < -0.3 is 20.3 Å². The third-order valence-electron chi connectivity index (χ3n) is 3.91. The van der Waals surface area contributed by atoms with Crippen molar-refractivity contribution in [3.63, 3.8) is 0 Å². The number of anilines is 2. The first-order valence-electron chi connectivity index (χ1n) is 9.28. The zero-order chi connectivity index (χ0) is 21.4. The summed E-state index contributed by atoms with van der Waals surface area (Å²) in [6, 6.07) is 7.32. The summed E-state index contributed by atoms with van der Waals surface area (Å²) in [5.74, 6) is -1.58. The molecule has 2 rings (SSSR count). The number of aryl methyl sites for hydroxylation is 1. The maximum absolute atomic E-state index is 13.2. The van der Waals surface area contributed by atoms with Crippen LogP contribution in [0.5, 0.6) is 0 Å². The van der Waals surface area contributed by atoms with Crippen LogP contribution in [0.1, 0.15) is 29.1 Å². The van der Waals surface area contributed by atoms with Gasteiger partial charge >= 0.3 is 5.97 Å². The molecule has 1 heterocycles. The molecule has 3 N–H and O–H groups in total. The molecule has 1 aromatic carbocycles. The number of halogens is 1. The van der Waals surface area contributed by atoms with Crippen molar-refractivity contribution >= 4 is 39.8 Å². The Labute approximate surface area is 172 Å². The largest absolute Gasteiger partial charge is 0.462 e. The van der Waals surface area contributed by atoms with Crippen LogP contribution in [0.25, 0.3) is 0 Å². The fourth-order valence-electron chi connectivity index (χ4n) is 2.62. The molecule has 0 aliphatic carbocycles. The van der Waals surface area contributed by atoms with Gasteiger partial charge in [0.1, 0.15) is 10.8 Å². The van der Waals surface area contributed by atoms with Crippen LogP contribution in [0, 0.1) is 5.82 Å². The summed E-state index contributed by atoms with van der Waals surface area (Å²) in [5.41, 5.74) is 0.695. The number of hydrogen-bond donors (Lipinski definition) is 3. The van der Waals surface area contributed by atoms with Crippen molar-refractivity contribution in [3.8, 4) is 0 Å². The van der Waals surface area contributed by atoms with Gasteiger partial charge in [0, 0.05) is 10.6 Å². The van der Waals surface area contributed by atoms with Crippen LogP contribution in [0.2, 0.25) is 0 Å². The molecule has 1 unspecified atom stereocenters. The zero-order valence-corrected chi connectivity index (χ0v) is 17.5. The van der Waals surface area contributed by atoms with Gasteiger partial charge in [-0.3, -0.25) is 9.59 Å². The molecule has 1 atom stereocenters. The highest BCUT2D eigenvalue weighted by Crippen LogP contribution is 2.29. The van der Waals surface area contributed by atoms with Crippen LogP contribution in [0.4, 0.5) is 15.1 Å². The van der Waals surface area contributed by atoms with E-state index >= 15 is 0 Å². The second-order valence-corrected chi connectivity index (χ2v) is 7.58. The van der Waals surface area contributed by atoms with Crippen molar-refractivity contribution in [2.24, 2.45) is 0 Å². The molecule has 2 aromatic rings. The Balaban J connectivity index is 1.92. The first-order chi connectivity index (χ1) is 13.8. The van der Waals surface area contributed by atoms with Crippen molar-refractivity contribution < 1.29 is 28.4 Å². The summed E-state index contributed by atoms with van der Waals surface area (Å²) >= 11 is 1.33. The lowest BCUT2D eigenvalue weighted by Gasteiger charge is -2.14. The normalized spacial score (nSPS) is 11.6. The van der Waals surface area contributed by atoms with E-state index in [-0.39, 0.29) is 31.5 Å². The van der Waals surface area contributed by atoms with E-state index < -0.39 is 11.8 Å². The van der Waals surface area contributed by atoms with Crippen LogP contribution in [-0.2, 0) is 20.7 Å². The lowest BCUT2D eigenvalue weighted by atomic mass is 10.2. The number of esters is 1. The van der Waals surface area contributed by atoms with E-state index in [0.29, 0.717) is 21.2 Å². The SMILES string of the molecule is CCOC(=O)c1cc(CC)sc1NC(=O)C[NH+](C)CC(=O)Nc1cccc(F)c1. The molecular formula is C20H25FN3O4S+. The van der Waals surface area contributed by atoms with E-state index in [2.05, 4.69) is 10.6 Å². The minimum absolute atomic E-state index is 0.0260. The molecule has 2 amide bonds. The maximum atomic E-state index is 13.2. The second kappa shape index (κ2) is 10.7. The van der Waals surface area contributed by atoms with Crippen molar-refractivity contribution in [1.29, 1.82) is 0 Å². The fraction of sp³-hybridized carbons (Fsp3) is 0.350. The van der Waals surface area contributed by atoms with Crippen molar-refractivity contribution in [3.05, 3.63) is 46.6 Å². The van der Waals surface area contributed by atoms with Gasteiger partial charge in [0.2, 0.25) is 0 Å². The van der Waals surface area contributed by atoms with Crippen LogP contribution in [-0.4, -0.2) is 44.5 Å². The van der Waals surface area contributed by atoms with Gasteiger partial charge in [0.05, 0.1) is 19.2 Å². The molecule has 0 aliphatic heterocycles. The van der Waals surface area contributed by atoms with E-state index in [1.165, 1.54) is 29.5 Å². The quantitative estimate of drug-likeness (QED) is 0.537. The van der Waals surface area contributed by atoms with E-state index in [9.17, 15) is 18.8 Å². The average molecular weight is 423 g/mol. The molecular weight excluding hydrogens is 397 g/mol. The van der Waals surface area contributed by atoms with Gasteiger partial charge in [-0.2, -0.15) is 0 Å². The third kappa shape index (κ3) is 6.95. The van der Waals surface area contributed by atoms with Gasteiger partial charge in [-0.25, -0.2) is 9.18 Å². The topological polar surface area (TPSA) is 88.9 Å². The third-order valence-corrected chi connectivity index (χ3v) is 5.11. The average Bonchev–Trinajstić information content (AvgIpc) is 3.04. The number of carbonyl (C=O) groups excluding carboxylic acids is 3. The number of rotatable bonds is 9. The van der Waals surface area contributed by atoms with Crippen LogP contribution in [0.15, 0.2) is 30.3 Å². The fourth-order valence-corrected chi connectivity index (χ4v) is 3.62. The summed E-state index contributed by atoms with van der Waals surface area (Å²) in [6.45, 7) is 3.98. The Hall–Kier alpha value is -2.78. The van der Waals surface area contributed by atoms with Gasteiger partial charge in [-0.05, 0) is 37.6 Å². The number of likely N-dealkylation sites (N-methyl/N-ethyl adjacent to an activating group) is 1. The molecule has 0 radical (unpaired) electrons. The van der Waals surface area contributed by atoms with Crippen LogP contribution >= 0.6 is 11.3 Å². The minimum atomic E-state index is -0.478. The number of thiophene rings is 1. The van der Waals surface area contributed by atoms with Crippen molar-refractivity contribution in [1.82, 2.24) is 0 Å². The molecule has 0 spiro atoms. The molecule has 0 aliphatic rings. The molecule has 29 heavy (non-hydrogen) atoms. The van der Waals surface area contributed by atoms with Crippen LogP contribution < -0.4 is 15.5 Å². The molecule has 9 heteroatoms. The van der Waals surface area contributed by atoms with Crippen molar-refractivity contribution in [2.75, 3.05) is 37.4 Å². The lowest BCUT2D eigenvalue weighted by molar-refractivity contribution is -0.862. The monoisotopic (exact) mass is 422 g/mol. The summed E-state index contributed by atoms with van der Waals surface area (Å²) in [7, 11) is 1.70. The number of carbonyl (C=O) groups is 3. The lowest BCUT2D eigenvalue weighted by Crippen LogP contribution is -3.11. The predicted molar refractivity (Wildman–Crippen MR) is 110 cm³/mol. The second-order valence-electron chi connectivity index (χ2n) is 6.45. The maximum Gasteiger partial charge on any atom is 0.341 e. The van der Waals surface area contributed by atoms with E-state index in [0.717, 1.165) is 11.3 Å². The summed E-state index contributed by atoms with van der Waals surface area (Å²) in [5, 5.41) is 5.78. The summed E-state index contributed by atoms with van der Waals surface area (Å²) in [4.78, 5) is 38.2. The smallest absolute Gasteiger partial charge is 0.341 e. The Morgan fingerprint density at radius 1 is 1.10 bits per heavy atom. The highest BCUT2D eigenvalue weighted by atomic mass is 32.1. The van der Waals surface area contributed by atoms with Gasteiger partial charge in [-0.15, -0.1) is 11.3 Å². The van der Waals surface area contributed by atoms with E-state index in [1.54, 1.807) is 26.1 Å². The zero-order valence-electron chi connectivity index (χ0n) is 16.6. The Morgan fingerprint density at radius 2 is 1.79 bits per heavy atom. The number of benzene rings is 1. The van der Waals surface area contributed by atoms with Gasteiger partial charge in [0.25, 0.3) is 11.8 Å². The first kappa shape index (κ1) is 22.5. The van der Waals surface area contributed by atoms with E-state index in [4.69, 9.17) is 4.74 Å². The van der Waals surface area contributed by atoms with Gasteiger partial charge in [-0.1, -0.05) is 13.0 Å². The molecule has 0 saturated carbocycles. The summed E-state index contributed by atoms with van der Waals surface area (Å²) in [6.07, 6.45) is 0.734.